The molecular formula is C12H12F2N4. The van der Waals surface area contributed by atoms with Crippen molar-refractivity contribution >= 4 is 5.82 Å². The van der Waals surface area contributed by atoms with Gasteiger partial charge >= 0.3 is 0 Å². The Hall–Kier alpha value is -1.77. The SMILES string of the molecule is N#Cc1nccnc1N1CCC2(CC1)CC2(F)F. The Balaban J connectivity index is 1.76. The lowest BCUT2D eigenvalue weighted by atomic mass is 9.93. The predicted octanol–water partition coefficient (Wildman–Crippen LogP) is 1.97. The fourth-order valence-corrected chi connectivity index (χ4v) is 2.71. The number of rotatable bonds is 1. The molecule has 94 valence electrons. The summed E-state index contributed by atoms with van der Waals surface area (Å²) in [6.45, 7) is 1.03. The Morgan fingerprint density at radius 3 is 2.39 bits per heavy atom. The summed E-state index contributed by atoms with van der Waals surface area (Å²) in [5.41, 5.74) is -0.519. The van der Waals surface area contributed by atoms with E-state index in [1.54, 1.807) is 0 Å². The van der Waals surface area contributed by atoms with Gasteiger partial charge in [-0.05, 0) is 12.8 Å². The van der Waals surface area contributed by atoms with Crippen LogP contribution in [0.3, 0.4) is 0 Å². The first-order valence-electron chi connectivity index (χ1n) is 5.92. The maximum absolute atomic E-state index is 13.2. The molecule has 1 spiro atoms. The molecule has 1 saturated heterocycles. The summed E-state index contributed by atoms with van der Waals surface area (Å²) in [5, 5.41) is 8.95. The Morgan fingerprint density at radius 1 is 1.22 bits per heavy atom. The zero-order chi connectivity index (χ0) is 12.8. The maximum atomic E-state index is 13.2. The Morgan fingerprint density at radius 2 is 1.83 bits per heavy atom. The summed E-state index contributed by atoms with van der Waals surface area (Å²) in [4.78, 5) is 9.95. The summed E-state index contributed by atoms with van der Waals surface area (Å²) in [6, 6.07) is 1.98. The van der Waals surface area contributed by atoms with E-state index >= 15 is 0 Å². The number of hydrogen-bond acceptors (Lipinski definition) is 4. The second-order valence-electron chi connectivity index (χ2n) is 4.99. The van der Waals surface area contributed by atoms with E-state index in [0.29, 0.717) is 31.7 Å². The van der Waals surface area contributed by atoms with Crippen LogP contribution in [-0.4, -0.2) is 29.0 Å². The van der Waals surface area contributed by atoms with Gasteiger partial charge in [-0.25, -0.2) is 18.7 Å². The van der Waals surface area contributed by atoms with Crippen molar-refractivity contribution in [2.24, 2.45) is 5.41 Å². The molecule has 1 aromatic heterocycles. The standard InChI is InChI=1S/C12H12F2N4/c13-12(14)8-11(12)1-5-18(6-2-11)10-9(7-15)16-3-4-17-10/h3-4H,1-2,5-6,8H2. The van der Waals surface area contributed by atoms with E-state index in [1.807, 2.05) is 11.0 Å². The van der Waals surface area contributed by atoms with Crippen molar-refractivity contribution in [3.8, 4) is 6.07 Å². The molecule has 18 heavy (non-hydrogen) atoms. The number of hydrogen-bond donors (Lipinski definition) is 0. The minimum absolute atomic E-state index is 0.0133. The molecule has 2 aliphatic rings. The van der Waals surface area contributed by atoms with Gasteiger partial charge in [-0.15, -0.1) is 0 Å². The number of nitrogens with zero attached hydrogens (tertiary/aromatic N) is 4. The average molecular weight is 250 g/mol. The molecule has 0 atom stereocenters. The van der Waals surface area contributed by atoms with Crippen molar-refractivity contribution < 1.29 is 8.78 Å². The fraction of sp³-hybridized carbons (Fsp3) is 0.583. The van der Waals surface area contributed by atoms with Crippen molar-refractivity contribution in [1.29, 1.82) is 5.26 Å². The number of aromatic nitrogens is 2. The molecule has 2 heterocycles. The summed E-state index contributed by atoms with van der Waals surface area (Å²) in [5.74, 6) is -1.97. The largest absolute Gasteiger partial charge is 0.354 e. The van der Waals surface area contributed by atoms with Gasteiger partial charge in [-0.3, -0.25) is 0 Å². The van der Waals surface area contributed by atoms with Crippen molar-refractivity contribution in [3.63, 3.8) is 0 Å². The van der Waals surface area contributed by atoms with Crippen LogP contribution in [-0.2, 0) is 0 Å². The van der Waals surface area contributed by atoms with Gasteiger partial charge in [-0.1, -0.05) is 0 Å². The van der Waals surface area contributed by atoms with Gasteiger partial charge in [0.05, 0.1) is 0 Å². The van der Waals surface area contributed by atoms with E-state index in [2.05, 4.69) is 9.97 Å². The highest BCUT2D eigenvalue weighted by Gasteiger charge is 2.70. The topological polar surface area (TPSA) is 52.8 Å². The Labute approximate surface area is 103 Å². The van der Waals surface area contributed by atoms with Crippen molar-refractivity contribution in [2.45, 2.75) is 25.2 Å². The first-order chi connectivity index (χ1) is 8.58. The lowest BCUT2D eigenvalue weighted by Crippen LogP contribution is -2.37. The minimum Gasteiger partial charge on any atom is -0.354 e. The second kappa shape index (κ2) is 3.61. The third kappa shape index (κ3) is 1.54. The summed E-state index contributed by atoms with van der Waals surface area (Å²) < 4.78 is 26.5. The zero-order valence-electron chi connectivity index (χ0n) is 9.74. The number of halogens is 2. The van der Waals surface area contributed by atoms with Gasteiger partial charge in [0.2, 0.25) is 0 Å². The first-order valence-corrected chi connectivity index (χ1v) is 5.92. The van der Waals surface area contributed by atoms with Gasteiger partial charge in [-0.2, -0.15) is 5.26 Å². The Bertz CT molecular complexity index is 515. The average Bonchev–Trinajstić information content (AvgIpc) is 2.91. The molecule has 3 rings (SSSR count). The normalized spacial score (nSPS) is 23.7. The van der Waals surface area contributed by atoms with Crippen LogP contribution in [0.4, 0.5) is 14.6 Å². The molecule has 2 fully saturated rings. The molecule has 0 aromatic carbocycles. The van der Waals surface area contributed by atoms with Crippen molar-refractivity contribution in [1.82, 2.24) is 9.97 Å². The molecule has 0 radical (unpaired) electrons. The highest BCUT2D eigenvalue weighted by Crippen LogP contribution is 2.65. The van der Waals surface area contributed by atoms with Gasteiger partial charge in [0.1, 0.15) is 6.07 Å². The lowest BCUT2D eigenvalue weighted by molar-refractivity contribution is 0.0536. The molecule has 0 unspecified atom stereocenters. The molecule has 1 aromatic rings. The zero-order valence-corrected chi connectivity index (χ0v) is 9.74. The van der Waals surface area contributed by atoms with Gasteiger partial charge in [0.25, 0.3) is 5.92 Å². The Kier molecular flexibility index (Phi) is 2.27. The molecule has 4 nitrogen and oxygen atoms in total. The van der Waals surface area contributed by atoms with Crippen LogP contribution in [0.25, 0.3) is 0 Å². The number of anilines is 1. The molecule has 0 N–H and O–H groups in total. The molecule has 0 bridgehead atoms. The maximum Gasteiger partial charge on any atom is 0.254 e. The van der Waals surface area contributed by atoms with Crippen LogP contribution >= 0.6 is 0 Å². The van der Waals surface area contributed by atoms with E-state index in [4.69, 9.17) is 5.26 Å². The third-order valence-corrected chi connectivity index (χ3v) is 4.02. The van der Waals surface area contributed by atoms with Gasteiger partial charge in [0, 0.05) is 37.3 Å². The van der Waals surface area contributed by atoms with Crippen LogP contribution in [0.5, 0.6) is 0 Å². The monoisotopic (exact) mass is 250 g/mol. The van der Waals surface area contributed by atoms with E-state index in [1.165, 1.54) is 12.4 Å². The molecule has 0 amide bonds. The molecule has 1 aliphatic carbocycles. The first kappa shape index (κ1) is 11.3. The quantitative estimate of drug-likeness (QED) is 0.764. The number of nitriles is 1. The van der Waals surface area contributed by atoms with E-state index in [0.717, 1.165) is 0 Å². The van der Waals surface area contributed by atoms with Crippen LogP contribution in [0.15, 0.2) is 12.4 Å². The summed E-state index contributed by atoms with van der Waals surface area (Å²) >= 11 is 0. The summed E-state index contributed by atoms with van der Waals surface area (Å²) in [6.07, 6.45) is 3.91. The number of piperidine rings is 1. The highest BCUT2D eigenvalue weighted by atomic mass is 19.3. The van der Waals surface area contributed by atoms with E-state index in [-0.39, 0.29) is 12.1 Å². The van der Waals surface area contributed by atoms with Crippen molar-refractivity contribution in [2.75, 3.05) is 18.0 Å². The highest BCUT2D eigenvalue weighted by molar-refractivity contribution is 5.50. The fourth-order valence-electron chi connectivity index (χ4n) is 2.71. The predicted molar refractivity (Wildman–Crippen MR) is 60.2 cm³/mol. The van der Waals surface area contributed by atoms with Crippen LogP contribution < -0.4 is 4.90 Å². The number of alkyl halides is 2. The smallest absolute Gasteiger partial charge is 0.254 e. The van der Waals surface area contributed by atoms with Gasteiger partial charge in [0.15, 0.2) is 11.5 Å². The molecular weight excluding hydrogens is 238 g/mol. The minimum atomic E-state index is -2.49. The van der Waals surface area contributed by atoms with Crippen molar-refractivity contribution in [3.05, 3.63) is 18.1 Å². The molecule has 6 heteroatoms. The summed E-state index contributed by atoms with van der Waals surface area (Å²) in [7, 11) is 0. The molecule has 1 aliphatic heterocycles. The second-order valence-corrected chi connectivity index (χ2v) is 4.99. The van der Waals surface area contributed by atoms with Crippen LogP contribution in [0.1, 0.15) is 25.0 Å². The van der Waals surface area contributed by atoms with E-state index in [9.17, 15) is 8.78 Å². The van der Waals surface area contributed by atoms with E-state index < -0.39 is 11.3 Å². The van der Waals surface area contributed by atoms with Gasteiger partial charge < -0.3 is 4.90 Å². The third-order valence-electron chi connectivity index (χ3n) is 4.02. The molecule has 1 saturated carbocycles. The van der Waals surface area contributed by atoms with Crippen LogP contribution in [0, 0.1) is 16.7 Å². The lowest BCUT2D eigenvalue weighted by Gasteiger charge is -2.33. The van der Waals surface area contributed by atoms with Crippen LogP contribution in [0.2, 0.25) is 0 Å².